The molecule has 0 aliphatic carbocycles. The van der Waals surface area contributed by atoms with Crippen LogP contribution in [-0.2, 0) is 4.79 Å². The molecule has 86 valence electrons. The Balaban J connectivity index is 2.15. The van der Waals surface area contributed by atoms with Crippen LogP contribution in [0.3, 0.4) is 0 Å². The molecule has 1 aromatic rings. The summed E-state index contributed by atoms with van der Waals surface area (Å²) in [5.74, 6) is 0.00775. The Hall–Kier alpha value is -1.06. The van der Waals surface area contributed by atoms with Crippen molar-refractivity contribution >= 4 is 23.2 Å². The van der Waals surface area contributed by atoms with Gasteiger partial charge in [0.05, 0.1) is 0 Å². The maximum absolute atomic E-state index is 11.7. The monoisotopic (exact) mass is 238 g/mol. The molecule has 0 saturated carbocycles. The second-order valence-electron chi connectivity index (χ2n) is 3.96. The maximum atomic E-state index is 11.7. The summed E-state index contributed by atoms with van der Waals surface area (Å²) < 4.78 is 0. The third kappa shape index (κ3) is 2.20. The maximum Gasteiger partial charge on any atom is 0.246 e. The summed E-state index contributed by atoms with van der Waals surface area (Å²) in [6, 6.07) is 5.23. The van der Waals surface area contributed by atoms with Crippen LogP contribution in [0.25, 0.3) is 0 Å². The van der Waals surface area contributed by atoms with Crippen LogP contribution in [0.15, 0.2) is 18.2 Å². The van der Waals surface area contributed by atoms with Gasteiger partial charge in [-0.25, -0.2) is 0 Å². The van der Waals surface area contributed by atoms with Crippen LogP contribution >= 0.6 is 11.6 Å². The molecule has 1 aromatic carbocycles. The first kappa shape index (κ1) is 11.4. The summed E-state index contributed by atoms with van der Waals surface area (Å²) in [6.07, 6.45) is 2.18. The van der Waals surface area contributed by atoms with Crippen LogP contribution in [0.5, 0.6) is 0 Å². The van der Waals surface area contributed by atoms with E-state index < -0.39 is 0 Å². The minimum Gasteiger partial charge on any atom is -0.324 e. The molecule has 1 amide bonds. The van der Waals surface area contributed by atoms with E-state index in [1.807, 2.05) is 12.1 Å². The number of carbonyl (C=O) groups is 1. The summed E-state index contributed by atoms with van der Waals surface area (Å²) in [6.45, 7) is 2.97. The molecule has 0 fully saturated rings. The van der Waals surface area contributed by atoms with Crippen molar-refractivity contribution in [3.8, 4) is 0 Å². The van der Waals surface area contributed by atoms with Crippen molar-refractivity contribution in [2.75, 3.05) is 11.9 Å². The molecule has 4 heteroatoms. The molecule has 1 unspecified atom stereocenters. The molecule has 1 aliphatic heterocycles. The van der Waals surface area contributed by atoms with Crippen molar-refractivity contribution in [3.05, 3.63) is 28.8 Å². The van der Waals surface area contributed by atoms with Gasteiger partial charge in [0.1, 0.15) is 6.04 Å². The number of halogens is 1. The summed E-state index contributed by atoms with van der Waals surface area (Å²) in [5, 5.41) is 6.75. The van der Waals surface area contributed by atoms with Crippen molar-refractivity contribution in [3.63, 3.8) is 0 Å². The molecule has 0 bridgehead atoms. The van der Waals surface area contributed by atoms with Gasteiger partial charge in [0.15, 0.2) is 0 Å². The van der Waals surface area contributed by atoms with E-state index in [9.17, 15) is 4.79 Å². The van der Waals surface area contributed by atoms with Gasteiger partial charge < -0.3 is 10.6 Å². The second kappa shape index (κ2) is 4.85. The summed E-state index contributed by atoms with van der Waals surface area (Å²) in [4.78, 5) is 11.7. The molecule has 2 rings (SSSR count). The van der Waals surface area contributed by atoms with Gasteiger partial charge >= 0.3 is 0 Å². The number of amides is 1. The van der Waals surface area contributed by atoms with Crippen molar-refractivity contribution in [2.45, 2.75) is 25.8 Å². The lowest BCUT2D eigenvalue weighted by Gasteiger charge is -2.10. The first-order valence-corrected chi connectivity index (χ1v) is 5.94. The molecule has 1 aliphatic rings. The fourth-order valence-electron chi connectivity index (χ4n) is 1.86. The van der Waals surface area contributed by atoms with E-state index >= 15 is 0 Å². The van der Waals surface area contributed by atoms with Crippen LogP contribution in [0.2, 0.25) is 5.02 Å². The third-order valence-corrected chi connectivity index (χ3v) is 2.96. The molecule has 0 saturated heterocycles. The lowest BCUT2D eigenvalue weighted by Crippen LogP contribution is -2.28. The van der Waals surface area contributed by atoms with Crippen LogP contribution in [0, 0.1) is 0 Å². The SMILES string of the molecule is CCCCNC1C(=O)Nc2ccc(Cl)cc21. The minimum atomic E-state index is -0.250. The normalized spacial score (nSPS) is 18.4. The van der Waals surface area contributed by atoms with Crippen molar-refractivity contribution in [1.82, 2.24) is 5.32 Å². The summed E-state index contributed by atoms with van der Waals surface area (Å²) >= 11 is 5.93. The smallest absolute Gasteiger partial charge is 0.246 e. The number of hydrogen-bond donors (Lipinski definition) is 2. The molecular weight excluding hydrogens is 224 g/mol. The van der Waals surface area contributed by atoms with Gasteiger partial charge in [-0.15, -0.1) is 0 Å². The van der Waals surface area contributed by atoms with Crippen LogP contribution in [0.1, 0.15) is 31.4 Å². The number of nitrogens with one attached hydrogen (secondary N) is 2. The first-order valence-electron chi connectivity index (χ1n) is 5.56. The standard InChI is InChI=1S/C12H15ClN2O/c1-2-3-6-14-11-9-7-8(13)4-5-10(9)15-12(11)16/h4-5,7,11,14H,2-3,6H2,1H3,(H,15,16). The zero-order chi connectivity index (χ0) is 11.5. The highest BCUT2D eigenvalue weighted by Crippen LogP contribution is 2.32. The van der Waals surface area contributed by atoms with Gasteiger partial charge in [-0.1, -0.05) is 24.9 Å². The van der Waals surface area contributed by atoms with E-state index in [1.54, 1.807) is 6.07 Å². The van der Waals surface area contributed by atoms with Gasteiger partial charge in [0, 0.05) is 16.3 Å². The Morgan fingerprint density at radius 3 is 3.06 bits per heavy atom. The predicted molar refractivity (Wildman–Crippen MR) is 65.7 cm³/mol. The predicted octanol–water partition coefficient (Wildman–Crippen LogP) is 2.72. The third-order valence-electron chi connectivity index (χ3n) is 2.72. The fraction of sp³-hybridized carbons (Fsp3) is 0.417. The van der Waals surface area contributed by atoms with Gasteiger partial charge in [-0.3, -0.25) is 4.79 Å². The molecule has 3 nitrogen and oxygen atoms in total. The van der Waals surface area contributed by atoms with Gasteiger partial charge in [-0.05, 0) is 31.2 Å². The van der Waals surface area contributed by atoms with Crippen LogP contribution < -0.4 is 10.6 Å². The van der Waals surface area contributed by atoms with E-state index in [2.05, 4.69) is 17.6 Å². The average molecular weight is 239 g/mol. The Labute approximate surface area is 100 Å². The van der Waals surface area contributed by atoms with E-state index in [0.717, 1.165) is 30.6 Å². The highest BCUT2D eigenvalue weighted by molar-refractivity contribution is 6.31. The van der Waals surface area contributed by atoms with Crippen molar-refractivity contribution < 1.29 is 4.79 Å². The Kier molecular flexibility index (Phi) is 3.46. The Morgan fingerprint density at radius 2 is 2.31 bits per heavy atom. The molecule has 0 aromatic heterocycles. The molecular formula is C12H15ClN2O. The Morgan fingerprint density at radius 1 is 1.50 bits per heavy atom. The largest absolute Gasteiger partial charge is 0.324 e. The first-order chi connectivity index (χ1) is 7.72. The van der Waals surface area contributed by atoms with E-state index in [-0.39, 0.29) is 11.9 Å². The number of hydrogen-bond acceptors (Lipinski definition) is 2. The number of unbranched alkanes of at least 4 members (excludes halogenated alkanes) is 1. The highest BCUT2D eigenvalue weighted by atomic mass is 35.5. The average Bonchev–Trinajstić information content (AvgIpc) is 2.56. The lowest BCUT2D eigenvalue weighted by atomic mass is 10.1. The van der Waals surface area contributed by atoms with Crippen LogP contribution in [-0.4, -0.2) is 12.5 Å². The lowest BCUT2D eigenvalue weighted by molar-refractivity contribution is -0.117. The zero-order valence-electron chi connectivity index (χ0n) is 9.22. The Bertz CT molecular complexity index is 406. The molecule has 0 radical (unpaired) electrons. The molecule has 1 atom stereocenters. The van der Waals surface area contributed by atoms with Crippen molar-refractivity contribution in [1.29, 1.82) is 0 Å². The molecule has 1 heterocycles. The number of fused-ring (bicyclic) bond motifs is 1. The molecule has 2 N–H and O–H groups in total. The van der Waals surface area contributed by atoms with E-state index in [0.29, 0.717) is 5.02 Å². The van der Waals surface area contributed by atoms with Gasteiger partial charge in [0.2, 0.25) is 5.91 Å². The highest BCUT2D eigenvalue weighted by Gasteiger charge is 2.29. The van der Waals surface area contributed by atoms with E-state index in [4.69, 9.17) is 11.6 Å². The van der Waals surface area contributed by atoms with Gasteiger partial charge in [-0.2, -0.15) is 0 Å². The fourth-order valence-corrected chi connectivity index (χ4v) is 2.04. The summed E-state index contributed by atoms with van der Waals surface area (Å²) in [7, 11) is 0. The second-order valence-corrected chi connectivity index (χ2v) is 4.40. The van der Waals surface area contributed by atoms with Crippen LogP contribution in [0.4, 0.5) is 5.69 Å². The molecule has 16 heavy (non-hydrogen) atoms. The zero-order valence-corrected chi connectivity index (χ0v) is 9.97. The minimum absolute atomic E-state index is 0.00775. The summed E-state index contributed by atoms with van der Waals surface area (Å²) in [5.41, 5.74) is 1.82. The number of carbonyl (C=O) groups excluding carboxylic acids is 1. The number of benzene rings is 1. The quantitative estimate of drug-likeness (QED) is 0.792. The van der Waals surface area contributed by atoms with E-state index in [1.165, 1.54) is 0 Å². The molecule has 0 spiro atoms. The van der Waals surface area contributed by atoms with Gasteiger partial charge in [0.25, 0.3) is 0 Å². The number of anilines is 1. The van der Waals surface area contributed by atoms with Crippen molar-refractivity contribution in [2.24, 2.45) is 0 Å². The number of rotatable bonds is 4. The topological polar surface area (TPSA) is 41.1 Å².